The molecule has 1 fully saturated rings. The molecule has 0 saturated carbocycles. The number of alkyl halides is 3. The summed E-state index contributed by atoms with van der Waals surface area (Å²) >= 11 is 0. The Bertz CT molecular complexity index is 1320. The van der Waals surface area contributed by atoms with Crippen molar-refractivity contribution in [3.8, 4) is 11.1 Å². The van der Waals surface area contributed by atoms with Gasteiger partial charge in [-0.2, -0.15) is 13.2 Å². The van der Waals surface area contributed by atoms with Gasteiger partial charge in [0.2, 0.25) is 10.0 Å². The van der Waals surface area contributed by atoms with Crippen molar-refractivity contribution in [1.82, 2.24) is 14.9 Å². The van der Waals surface area contributed by atoms with Crippen molar-refractivity contribution < 1.29 is 26.4 Å². The van der Waals surface area contributed by atoms with E-state index in [4.69, 9.17) is 5.14 Å². The van der Waals surface area contributed by atoms with Gasteiger partial charge in [0.15, 0.2) is 0 Å². The number of carbonyl (C=O) groups is 1. The zero-order valence-corrected chi connectivity index (χ0v) is 19.4. The predicted molar refractivity (Wildman–Crippen MR) is 123 cm³/mol. The minimum Gasteiger partial charge on any atom is -0.337 e. The van der Waals surface area contributed by atoms with Gasteiger partial charge in [-0.05, 0) is 53.1 Å². The third kappa shape index (κ3) is 5.85. The Morgan fingerprint density at radius 3 is 2.43 bits per heavy atom. The van der Waals surface area contributed by atoms with Crippen LogP contribution in [0.25, 0.3) is 11.1 Å². The summed E-state index contributed by atoms with van der Waals surface area (Å²) in [6, 6.07) is 11.2. The van der Waals surface area contributed by atoms with Gasteiger partial charge in [-0.25, -0.2) is 18.5 Å². The second kappa shape index (κ2) is 9.74. The van der Waals surface area contributed by atoms with Crippen molar-refractivity contribution in [3.63, 3.8) is 0 Å². The number of carbonyl (C=O) groups excluding carboxylic acids is 1. The predicted octanol–water partition coefficient (Wildman–Crippen LogP) is 3.92. The summed E-state index contributed by atoms with van der Waals surface area (Å²) in [6.45, 7) is 0.996. The molecule has 2 N–H and O–H groups in total. The minimum absolute atomic E-state index is 0.0705. The number of nitrogens with zero attached hydrogens (tertiary/aromatic N) is 3. The minimum atomic E-state index is -4.60. The highest BCUT2D eigenvalue weighted by atomic mass is 32.2. The van der Waals surface area contributed by atoms with Gasteiger partial charge in [0.25, 0.3) is 5.91 Å². The summed E-state index contributed by atoms with van der Waals surface area (Å²) in [4.78, 5) is 21.8. The largest absolute Gasteiger partial charge is 0.393 e. The zero-order valence-electron chi connectivity index (χ0n) is 18.6. The van der Waals surface area contributed by atoms with Crippen LogP contribution in [0.2, 0.25) is 0 Å². The monoisotopic (exact) mass is 504 g/mol. The first kappa shape index (κ1) is 24.8. The molecule has 1 saturated heterocycles. The average Bonchev–Trinajstić information content (AvgIpc) is 2.82. The summed E-state index contributed by atoms with van der Waals surface area (Å²) < 4.78 is 63.2. The molecule has 0 spiro atoms. The Morgan fingerprint density at radius 1 is 1.09 bits per heavy atom. The number of benzene rings is 2. The van der Waals surface area contributed by atoms with Crippen LogP contribution in [0.4, 0.5) is 13.2 Å². The molecule has 7 nitrogen and oxygen atoms in total. The Kier molecular flexibility index (Phi) is 6.91. The van der Waals surface area contributed by atoms with Crippen LogP contribution in [0, 0.1) is 0 Å². The van der Waals surface area contributed by atoms with E-state index in [0.29, 0.717) is 31.5 Å². The third-order valence-electron chi connectivity index (χ3n) is 6.03. The van der Waals surface area contributed by atoms with E-state index in [1.807, 2.05) is 12.1 Å². The van der Waals surface area contributed by atoms with Crippen LogP contribution >= 0.6 is 0 Å². The van der Waals surface area contributed by atoms with Crippen molar-refractivity contribution in [2.75, 3.05) is 13.1 Å². The van der Waals surface area contributed by atoms with Crippen molar-refractivity contribution in [3.05, 3.63) is 77.9 Å². The normalized spacial score (nSPS) is 15.3. The highest BCUT2D eigenvalue weighted by molar-refractivity contribution is 7.89. The molecule has 0 atom stereocenters. The van der Waals surface area contributed by atoms with E-state index in [1.165, 1.54) is 30.7 Å². The first-order valence-electron chi connectivity index (χ1n) is 10.9. The van der Waals surface area contributed by atoms with E-state index < -0.39 is 33.1 Å². The van der Waals surface area contributed by atoms with Gasteiger partial charge in [0.1, 0.15) is 5.69 Å². The van der Waals surface area contributed by atoms with Gasteiger partial charge in [0, 0.05) is 25.5 Å². The molecule has 0 unspecified atom stereocenters. The Hall–Kier alpha value is -3.31. The van der Waals surface area contributed by atoms with Crippen molar-refractivity contribution in [1.29, 1.82) is 0 Å². The van der Waals surface area contributed by atoms with Crippen LogP contribution < -0.4 is 5.14 Å². The maximum absolute atomic E-state index is 13.2. The number of halogens is 3. The number of hydrogen-bond acceptors (Lipinski definition) is 5. The highest BCUT2D eigenvalue weighted by Gasteiger charge is 2.31. The molecule has 2 aromatic carbocycles. The molecule has 0 bridgehead atoms. The summed E-state index contributed by atoms with van der Waals surface area (Å²) in [5, 5.41) is 5.16. The van der Waals surface area contributed by atoms with Gasteiger partial charge in [-0.15, -0.1) is 0 Å². The molecule has 3 aromatic rings. The van der Waals surface area contributed by atoms with Gasteiger partial charge >= 0.3 is 6.18 Å². The number of rotatable bonds is 5. The zero-order chi connectivity index (χ0) is 25.2. The van der Waals surface area contributed by atoms with Crippen molar-refractivity contribution >= 4 is 15.9 Å². The number of likely N-dealkylation sites (tertiary alicyclic amines) is 1. The number of hydrogen-bond donors (Lipinski definition) is 1. The molecule has 1 amide bonds. The van der Waals surface area contributed by atoms with Crippen LogP contribution in [0.3, 0.4) is 0 Å². The molecule has 2 heterocycles. The van der Waals surface area contributed by atoms with Gasteiger partial charge < -0.3 is 4.90 Å². The molecule has 0 aliphatic carbocycles. The first-order valence-corrected chi connectivity index (χ1v) is 12.4. The molecule has 0 radical (unpaired) electrons. The van der Waals surface area contributed by atoms with E-state index in [9.17, 15) is 26.4 Å². The van der Waals surface area contributed by atoms with Crippen LogP contribution in [0.15, 0.2) is 66.0 Å². The summed E-state index contributed by atoms with van der Waals surface area (Å²) in [5.74, 6) is -0.124. The molecule has 35 heavy (non-hydrogen) atoms. The molecular weight excluding hydrogens is 481 g/mol. The van der Waals surface area contributed by atoms with Crippen molar-refractivity contribution in [2.24, 2.45) is 5.14 Å². The third-order valence-corrected chi connectivity index (χ3v) is 7.05. The lowest BCUT2D eigenvalue weighted by Gasteiger charge is -2.33. The number of piperidine rings is 1. The average molecular weight is 505 g/mol. The van der Waals surface area contributed by atoms with E-state index in [2.05, 4.69) is 9.97 Å². The number of sulfonamides is 1. The SMILES string of the molecule is NS(=O)(=O)c1ccc(-c2ccccc2C2CCN(C(=O)c3cnccn3)CC2)cc1CC(F)(F)F. The molecule has 1 aliphatic rings. The van der Waals surface area contributed by atoms with Crippen LogP contribution in [0.5, 0.6) is 0 Å². The Morgan fingerprint density at radius 2 is 1.80 bits per heavy atom. The van der Waals surface area contributed by atoms with E-state index in [-0.39, 0.29) is 17.5 Å². The molecule has 1 aliphatic heterocycles. The van der Waals surface area contributed by atoms with E-state index >= 15 is 0 Å². The van der Waals surface area contributed by atoms with Crippen LogP contribution in [-0.4, -0.2) is 48.5 Å². The van der Waals surface area contributed by atoms with Gasteiger partial charge in [0.05, 0.1) is 17.5 Å². The van der Waals surface area contributed by atoms with Crippen LogP contribution in [0.1, 0.15) is 40.4 Å². The molecular formula is C24H23F3N4O3S. The molecule has 4 rings (SSSR count). The quantitative estimate of drug-likeness (QED) is 0.567. The Labute approximate surface area is 200 Å². The fourth-order valence-corrected chi connectivity index (χ4v) is 5.21. The second-order valence-electron chi connectivity index (χ2n) is 8.40. The fraction of sp³-hybridized carbons (Fsp3) is 0.292. The second-order valence-corrected chi connectivity index (χ2v) is 9.93. The lowest BCUT2D eigenvalue weighted by atomic mass is 9.84. The lowest BCUT2D eigenvalue weighted by molar-refractivity contribution is -0.127. The molecule has 1 aromatic heterocycles. The maximum atomic E-state index is 13.2. The summed E-state index contributed by atoms with van der Waals surface area (Å²) in [6.07, 6.45) is -0.299. The topological polar surface area (TPSA) is 106 Å². The van der Waals surface area contributed by atoms with E-state index in [0.717, 1.165) is 17.2 Å². The fourth-order valence-electron chi connectivity index (χ4n) is 4.46. The Balaban J connectivity index is 1.61. The molecule has 184 valence electrons. The van der Waals surface area contributed by atoms with Crippen LogP contribution in [-0.2, 0) is 16.4 Å². The number of primary sulfonamides is 1. The number of aromatic nitrogens is 2. The van der Waals surface area contributed by atoms with Gasteiger partial charge in [-0.1, -0.05) is 30.3 Å². The van der Waals surface area contributed by atoms with Crippen molar-refractivity contribution in [2.45, 2.75) is 36.3 Å². The molecule has 11 heteroatoms. The number of nitrogens with two attached hydrogens (primary N) is 1. The highest BCUT2D eigenvalue weighted by Crippen LogP contribution is 2.37. The number of amides is 1. The lowest BCUT2D eigenvalue weighted by Crippen LogP contribution is -2.38. The van der Waals surface area contributed by atoms with E-state index in [1.54, 1.807) is 17.0 Å². The first-order chi connectivity index (χ1) is 16.5. The smallest absolute Gasteiger partial charge is 0.337 e. The standard InChI is InChI=1S/C24H23F3N4O3S/c25-24(26,27)14-18-13-17(5-6-22(18)35(28,33)34)20-4-2-1-3-19(20)16-7-11-31(12-8-16)23(32)21-15-29-9-10-30-21/h1-6,9-10,13,15-16H,7-8,11-12,14H2,(H2,28,33,34). The summed E-state index contributed by atoms with van der Waals surface area (Å²) in [5.41, 5.74) is 2.01. The van der Waals surface area contributed by atoms with Gasteiger partial charge in [-0.3, -0.25) is 9.78 Å². The maximum Gasteiger partial charge on any atom is 0.393 e. The summed E-state index contributed by atoms with van der Waals surface area (Å²) in [7, 11) is -4.32.